The van der Waals surface area contributed by atoms with E-state index in [9.17, 15) is 4.79 Å². The van der Waals surface area contributed by atoms with Crippen LogP contribution in [0.25, 0.3) is 0 Å². The summed E-state index contributed by atoms with van der Waals surface area (Å²) in [6.07, 6.45) is 4.74. The second kappa shape index (κ2) is 6.41. The van der Waals surface area contributed by atoms with Crippen LogP contribution in [0.15, 0.2) is 0 Å². The smallest absolute Gasteiger partial charge is 0.409 e. The van der Waals surface area contributed by atoms with Crippen LogP contribution in [0.4, 0.5) is 4.79 Å². The first-order valence-electron chi connectivity index (χ1n) is 7.36. The van der Waals surface area contributed by atoms with Gasteiger partial charge < -0.3 is 14.5 Å². The summed E-state index contributed by atoms with van der Waals surface area (Å²) >= 11 is 0. The van der Waals surface area contributed by atoms with E-state index in [1.54, 1.807) is 0 Å². The molecule has 0 atom stereocenters. The number of carbonyl (C=O) groups is 1. The molecule has 0 saturated carbocycles. The molecule has 0 aromatic heterocycles. The number of hydrogen-bond acceptors (Lipinski definition) is 3. The van der Waals surface area contributed by atoms with Crippen molar-refractivity contribution >= 4 is 6.09 Å². The Morgan fingerprint density at radius 3 is 2.28 bits per heavy atom. The van der Waals surface area contributed by atoms with Crippen molar-refractivity contribution in [1.82, 2.24) is 9.80 Å². The van der Waals surface area contributed by atoms with E-state index in [4.69, 9.17) is 4.74 Å². The molecule has 0 aliphatic carbocycles. The van der Waals surface area contributed by atoms with E-state index in [1.165, 1.54) is 25.9 Å². The van der Waals surface area contributed by atoms with Gasteiger partial charge in [-0.3, -0.25) is 0 Å². The molecule has 0 bridgehead atoms. The van der Waals surface area contributed by atoms with E-state index >= 15 is 0 Å². The Morgan fingerprint density at radius 1 is 1.11 bits per heavy atom. The maximum absolute atomic E-state index is 11.6. The average molecular weight is 254 g/mol. The van der Waals surface area contributed by atoms with Crippen LogP contribution in [0.5, 0.6) is 0 Å². The summed E-state index contributed by atoms with van der Waals surface area (Å²) in [4.78, 5) is 16.1. The molecule has 0 unspecified atom stereocenters. The molecule has 0 radical (unpaired) electrons. The second-order valence-electron chi connectivity index (χ2n) is 5.64. The molecule has 2 heterocycles. The van der Waals surface area contributed by atoms with Gasteiger partial charge in [0.25, 0.3) is 0 Å². The highest BCUT2D eigenvalue weighted by molar-refractivity contribution is 5.67. The van der Waals surface area contributed by atoms with Crippen LogP contribution in [0.1, 0.15) is 39.5 Å². The highest BCUT2D eigenvalue weighted by Crippen LogP contribution is 2.23. The molecule has 0 spiro atoms. The summed E-state index contributed by atoms with van der Waals surface area (Å²) in [5, 5.41) is 0. The van der Waals surface area contributed by atoms with E-state index in [-0.39, 0.29) is 6.09 Å². The van der Waals surface area contributed by atoms with Crippen LogP contribution in [0.3, 0.4) is 0 Å². The molecule has 18 heavy (non-hydrogen) atoms. The number of carbonyl (C=O) groups excluding carboxylic acids is 1. The van der Waals surface area contributed by atoms with Crippen molar-refractivity contribution < 1.29 is 9.53 Å². The molecular formula is C14H26N2O2. The SMILES string of the molecule is CCOC(=O)N1CCC(N2CCC(C)CC2)CC1. The normalized spacial score (nSPS) is 24.2. The standard InChI is InChI=1S/C14H26N2O2/c1-3-18-14(17)16-10-6-13(7-11-16)15-8-4-12(2)5-9-15/h12-13H,3-11H2,1-2H3. The molecule has 4 heteroatoms. The third-order valence-electron chi connectivity index (χ3n) is 4.33. The summed E-state index contributed by atoms with van der Waals surface area (Å²) in [6, 6.07) is 0.683. The zero-order valence-corrected chi connectivity index (χ0v) is 11.7. The van der Waals surface area contributed by atoms with Gasteiger partial charge in [-0.1, -0.05) is 6.92 Å². The maximum Gasteiger partial charge on any atom is 0.409 e. The van der Waals surface area contributed by atoms with Crippen LogP contribution < -0.4 is 0 Å². The van der Waals surface area contributed by atoms with Gasteiger partial charge in [0.2, 0.25) is 0 Å². The van der Waals surface area contributed by atoms with Gasteiger partial charge in [0, 0.05) is 19.1 Å². The van der Waals surface area contributed by atoms with Crippen molar-refractivity contribution in [3.05, 3.63) is 0 Å². The first-order chi connectivity index (χ1) is 8.70. The Bertz CT molecular complexity index is 267. The number of amides is 1. The number of likely N-dealkylation sites (tertiary alicyclic amines) is 2. The molecule has 1 amide bonds. The average Bonchev–Trinajstić information content (AvgIpc) is 2.40. The number of rotatable bonds is 2. The number of nitrogens with zero attached hydrogens (tertiary/aromatic N) is 2. The van der Waals surface area contributed by atoms with Crippen LogP contribution in [-0.4, -0.2) is 54.7 Å². The minimum absolute atomic E-state index is 0.136. The highest BCUT2D eigenvalue weighted by atomic mass is 16.6. The Balaban J connectivity index is 1.74. The van der Waals surface area contributed by atoms with Gasteiger partial charge in [0.15, 0.2) is 0 Å². The largest absolute Gasteiger partial charge is 0.450 e. The second-order valence-corrected chi connectivity index (χ2v) is 5.64. The molecular weight excluding hydrogens is 228 g/mol. The molecule has 2 aliphatic heterocycles. The third kappa shape index (κ3) is 3.37. The fraction of sp³-hybridized carbons (Fsp3) is 0.929. The zero-order chi connectivity index (χ0) is 13.0. The van der Waals surface area contributed by atoms with Gasteiger partial charge in [-0.15, -0.1) is 0 Å². The summed E-state index contributed by atoms with van der Waals surface area (Å²) in [5.41, 5.74) is 0. The Morgan fingerprint density at radius 2 is 1.72 bits per heavy atom. The van der Waals surface area contributed by atoms with Crippen molar-refractivity contribution in [1.29, 1.82) is 0 Å². The van der Waals surface area contributed by atoms with Crippen molar-refractivity contribution in [3.8, 4) is 0 Å². The lowest BCUT2D eigenvalue weighted by molar-refractivity contribution is 0.0629. The molecule has 2 saturated heterocycles. The predicted molar refractivity (Wildman–Crippen MR) is 71.6 cm³/mol. The fourth-order valence-electron chi connectivity index (χ4n) is 3.02. The lowest BCUT2D eigenvalue weighted by Gasteiger charge is -2.41. The van der Waals surface area contributed by atoms with E-state index in [0.717, 1.165) is 31.8 Å². The van der Waals surface area contributed by atoms with Gasteiger partial charge >= 0.3 is 6.09 Å². The van der Waals surface area contributed by atoms with Crippen LogP contribution in [0.2, 0.25) is 0 Å². The number of ether oxygens (including phenoxy) is 1. The maximum atomic E-state index is 11.6. The first-order valence-corrected chi connectivity index (χ1v) is 7.36. The van der Waals surface area contributed by atoms with E-state index in [0.29, 0.717) is 12.6 Å². The Kier molecular flexibility index (Phi) is 4.87. The van der Waals surface area contributed by atoms with Gasteiger partial charge in [0.1, 0.15) is 0 Å². The topological polar surface area (TPSA) is 32.8 Å². The van der Waals surface area contributed by atoms with Gasteiger partial charge in [-0.2, -0.15) is 0 Å². The van der Waals surface area contributed by atoms with Crippen molar-refractivity contribution in [2.24, 2.45) is 5.92 Å². The van der Waals surface area contributed by atoms with Gasteiger partial charge in [0.05, 0.1) is 6.61 Å². The zero-order valence-electron chi connectivity index (χ0n) is 11.7. The molecule has 0 N–H and O–H groups in total. The molecule has 104 valence electrons. The monoisotopic (exact) mass is 254 g/mol. The Hall–Kier alpha value is -0.770. The molecule has 2 aliphatic rings. The summed E-state index contributed by atoms with van der Waals surface area (Å²) in [7, 11) is 0. The van der Waals surface area contributed by atoms with E-state index in [2.05, 4.69) is 11.8 Å². The van der Waals surface area contributed by atoms with Crippen molar-refractivity contribution in [2.45, 2.75) is 45.6 Å². The fourth-order valence-corrected chi connectivity index (χ4v) is 3.02. The molecule has 2 rings (SSSR count). The lowest BCUT2D eigenvalue weighted by atomic mass is 9.95. The summed E-state index contributed by atoms with van der Waals surface area (Å²) < 4.78 is 5.05. The first kappa shape index (κ1) is 13.7. The minimum Gasteiger partial charge on any atom is -0.450 e. The summed E-state index contributed by atoms with van der Waals surface area (Å²) in [5.74, 6) is 0.890. The number of hydrogen-bond donors (Lipinski definition) is 0. The molecule has 4 nitrogen and oxygen atoms in total. The quantitative estimate of drug-likeness (QED) is 0.758. The van der Waals surface area contributed by atoms with Crippen LogP contribution >= 0.6 is 0 Å². The highest BCUT2D eigenvalue weighted by Gasteiger charge is 2.29. The predicted octanol–water partition coefficient (Wildman–Crippen LogP) is 2.34. The lowest BCUT2D eigenvalue weighted by Crippen LogP contribution is -2.48. The molecule has 0 aromatic rings. The number of piperidine rings is 2. The summed E-state index contributed by atoms with van der Waals surface area (Å²) in [6.45, 7) is 8.88. The van der Waals surface area contributed by atoms with Gasteiger partial charge in [-0.05, 0) is 51.6 Å². The van der Waals surface area contributed by atoms with Crippen LogP contribution in [0, 0.1) is 5.92 Å². The third-order valence-corrected chi connectivity index (χ3v) is 4.33. The van der Waals surface area contributed by atoms with Gasteiger partial charge in [-0.25, -0.2) is 4.79 Å². The van der Waals surface area contributed by atoms with E-state index in [1.807, 2.05) is 11.8 Å². The molecule has 0 aromatic carbocycles. The Labute approximate surface area is 110 Å². The molecule has 2 fully saturated rings. The van der Waals surface area contributed by atoms with Crippen molar-refractivity contribution in [3.63, 3.8) is 0 Å². The van der Waals surface area contributed by atoms with Crippen molar-refractivity contribution in [2.75, 3.05) is 32.8 Å². The van der Waals surface area contributed by atoms with Crippen LogP contribution in [-0.2, 0) is 4.74 Å². The van der Waals surface area contributed by atoms with E-state index < -0.39 is 0 Å². The minimum atomic E-state index is -0.136.